The molecule has 1 aromatic heterocycles. The molecule has 0 saturated carbocycles. The number of rotatable bonds is 5. The molecule has 14 heavy (non-hydrogen) atoms. The first-order valence-electron chi connectivity index (χ1n) is 5.10. The summed E-state index contributed by atoms with van der Waals surface area (Å²) in [5.74, 6) is 0.977. The Hall–Kier alpha value is -1.31. The third-order valence-electron chi connectivity index (χ3n) is 2.00. The van der Waals surface area contributed by atoms with Crippen molar-refractivity contribution in [1.82, 2.24) is 4.98 Å². The van der Waals surface area contributed by atoms with Gasteiger partial charge in [-0.15, -0.1) is 0 Å². The van der Waals surface area contributed by atoms with Crippen molar-refractivity contribution in [3.63, 3.8) is 0 Å². The minimum absolute atomic E-state index is 0.977. The van der Waals surface area contributed by atoms with Crippen LogP contribution in [0.5, 0.6) is 0 Å². The zero-order chi connectivity index (χ0) is 10.2. The Balaban J connectivity index is 2.24. The van der Waals surface area contributed by atoms with E-state index >= 15 is 0 Å². The second-order valence-corrected chi connectivity index (χ2v) is 3.36. The summed E-state index contributed by atoms with van der Waals surface area (Å²) < 4.78 is 0. The summed E-state index contributed by atoms with van der Waals surface area (Å²) in [6, 6.07) is 4.07. The molecule has 0 aliphatic carbocycles. The van der Waals surface area contributed by atoms with Gasteiger partial charge >= 0.3 is 0 Å². The Morgan fingerprint density at radius 3 is 3.07 bits per heavy atom. The molecular weight excluding hydrogens is 172 g/mol. The molecule has 0 aromatic carbocycles. The topological polar surface area (TPSA) is 24.9 Å². The van der Waals surface area contributed by atoms with Gasteiger partial charge in [-0.1, -0.05) is 12.2 Å². The molecule has 0 radical (unpaired) electrons. The van der Waals surface area contributed by atoms with Crippen molar-refractivity contribution >= 4 is 5.82 Å². The molecule has 0 aliphatic heterocycles. The molecule has 2 nitrogen and oxygen atoms in total. The minimum Gasteiger partial charge on any atom is -0.370 e. The summed E-state index contributed by atoms with van der Waals surface area (Å²) in [5, 5.41) is 3.30. The van der Waals surface area contributed by atoms with Gasteiger partial charge in [0.2, 0.25) is 0 Å². The monoisotopic (exact) mass is 190 g/mol. The Morgan fingerprint density at radius 2 is 2.36 bits per heavy atom. The van der Waals surface area contributed by atoms with Crippen molar-refractivity contribution in [1.29, 1.82) is 0 Å². The molecule has 0 bridgehead atoms. The summed E-state index contributed by atoms with van der Waals surface area (Å²) in [4.78, 5) is 4.23. The van der Waals surface area contributed by atoms with Crippen molar-refractivity contribution < 1.29 is 0 Å². The van der Waals surface area contributed by atoms with Gasteiger partial charge in [-0.3, -0.25) is 0 Å². The second kappa shape index (κ2) is 6.19. The van der Waals surface area contributed by atoms with Crippen molar-refractivity contribution in [2.24, 2.45) is 0 Å². The highest BCUT2D eigenvalue weighted by molar-refractivity contribution is 5.36. The summed E-state index contributed by atoms with van der Waals surface area (Å²) in [5.41, 5.74) is 1.25. The van der Waals surface area contributed by atoms with Crippen LogP contribution in [-0.2, 0) is 0 Å². The first-order chi connectivity index (χ1) is 6.83. The Labute approximate surface area is 86.1 Å². The van der Waals surface area contributed by atoms with Gasteiger partial charge in [-0.05, 0) is 44.4 Å². The number of pyridine rings is 1. The molecular formula is C12H18N2. The average molecular weight is 190 g/mol. The number of hydrogen-bond acceptors (Lipinski definition) is 2. The maximum absolute atomic E-state index is 4.23. The van der Waals surface area contributed by atoms with Crippen LogP contribution < -0.4 is 5.32 Å². The van der Waals surface area contributed by atoms with Gasteiger partial charge < -0.3 is 5.32 Å². The molecule has 1 rings (SSSR count). The smallest absolute Gasteiger partial charge is 0.126 e. The standard InChI is InChI=1S/C12H18N2/c1-3-4-5-6-8-13-12-10-11(2)7-9-14-12/h3-4,7,9-10H,5-6,8H2,1-2H3,(H,13,14). The highest BCUT2D eigenvalue weighted by Gasteiger charge is 1.91. The quantitative estimate of drug-likeness (QED) is 0.570. The van der Waals surface area contributed by atoms with Gasteiger partial charge in [0.25, 0.3) is 0 Å². The predicted molar refractivity (Wildman–Crippen MR) is 61.5 cm³/mol. The molecule has 0 amide bonds. The molecule has 0 aliphatic rings. The molecule has 0 fully saturated rings. The van der Waals surface area contributed by atoms with E-state index < -0.39 is 0 Å². The summed E-state index contributed by atoms with van der Waals surface area (Å²) in [6.07, 6.45) is 8.40. The number of hydrogen-bond donors (Lipinski definition) is 1. The van der Waals surface area contributed by atoms with E-state index in [1.807, 2.05) is 12.3 Å². The fourth-order valence-corrected chi connectivity index (χ4v) is 1.24. The van der Waals surface area contributed by atoms with Crippen molar-refractivity contribution in [3.8, 4) is 0 Å². The fraction of sp³-hybridized carbons (Fsp3) is 0.417. The number of unbranched alkanes of at least 4 members (excludes halogenated alkanes) is 1. The van der Waals surface area contributed by atoms with Crippen LogP contribution in [0, 0.1) is 6.92 Å². The average Bonchev–Trinajstić information content (AvgIpc) is 2.18. The van der Waals surface area contributed by atoms with E-state index in [0.29, 0.717) is 0 Å². The summed E-state index contributed by atoms with van der Waals surface area (Å²) in [7, 11) is 0. The summed E-state index contributed by atoms with van der Waals surface area (Å²) >= 11 is 0. The van der Waals surface area contributed by atoms with E-state index in [4.69, 9.17) is 0 Å². The third-order valence-corrected chi connectivity index (χ3v) is 2.00. The van der Waals surface area contributed by atoms with Gasteiger partial charge in [0.05, 0.1) is 0 Å². The van der Waals surface area contributed by atoms with E-state index in [1.54, 1.807) is 0 Å². The molecule has 1 heterocycles. The number of nitrogens with zero attached hydrogens (tertiary/aromatic N) is 1. The van der Waals surface area contributed by atoms with Crippen LogP contribution in [0.25, 0.3) is 0 Å². The van der Waals surface area contributed by atoms with Crippen LogP contribution in [0.4, 0.5) is 5.82 Å². The first kappa shape index (κ1) is 10.8. The fourth-order valence-electron chi connectivity index (χ4n) is 1.24. The Kier molecular flexibility index (Phi) is 4.76. The Morgan fingerprint density at radius 1 is 1.50 bits per heavy atom. The molecule has 1 N–H and O–H groups in total. The molecule has 2 heteroatoms. The van der Waals surface area contributed by atoms with Gasteiger partial charge in [-0.2, -0.15) is 0 Å². The molecule has 1 aromatic rings. The maximum atomic E-state index is 4.23. The van der Waals surface area contributed by atoms with Gasteiger partial charge in [-0.25, -0.2) is 4.98 Å². The van der Waals surface area contributed by atoms with Gasteiger partial charge in [0.1, 0.15) is 5.82 Å². The lowest BCUT2D eigenvalue weighted by molar-refractivity contribution is 0.883. The van der Waals surface area contributed by atoms with Crippen LogP contribution in [0.1, 0.15) is 25.3 Å². The minimum atomic E-state index is 0.977. The molecule has 0 spiro atoms. The van der Waals surface area contributed by atoms with E-state index in [1.165, 1.54) is 5.56 Å². The Bertz CT molecular complexity index is 292. The van der Waals surface area contributed by atoms with E-state index in [-0.39, 0.29) is 0 Å². The zero-order valence-electron chi connectivity index (χ0n) is 8.96. The first-order valence-corrected chi connectivity index (χ1v) is 5.10. The van der Waals surface area contributed by atoms with Crippen molar-refractivity contribution in [2.75, 3.05) is 11.9 Å². The van der Waals surface area contributed by atoms with Crippen LogP contribution in [0.3, 0.4) is 0 Å². The summed E-state index contributed by atoms with van der Waals surface area (Å²) in [6.45, 7) is 5.11. The van der Waals surface area contributed by atoms with Crippen LogP contribution in [0.15, 0.2) is 30.5 Å². The van der Waals surface area contributed by atoms with E-state index in [0.717, 1.165) is 25.2 Å². The maximum Gasteiger partial charge on any atom is 0.126 e. The molecule has 0 atom stereocenters. The molecule has 0 saturated heterocycles. The van der Waals surface area contributed by atoms with Crippen LogP contribution in [0.2, 0.25) is 0 Å². The van der Waals surface area contributed by atoms with E-state index in [2.05, 4.69) is 42.4 Å². The van der Waals surface area contributed by atoms with Gasteiger partial charge in [0, 0.05) is 12.7 Å². The van der Waals surface area contributed by atoms with Crippen LogP contribution in [-0.4, -0.2) is 11.5 Å². The lowest BCUT2D eigenvalue weighted by Crippen LogP contribution is -2.02. The van der Waals surface area contributed by atoms with Crippen molar-refractivity contribution in [3.05, 3.63) is 36.0 Å². The number of aryl methyl sites for hydroxylation is 1. The second-order valence-electron chi connectivity index (χ2n) is 3.36. The molecule has 76 valence electrons. The number of anilines is 1. The number of aromatic nitrogens is 1. The molecule has 0 unspecified atom stereocenters. The van der Waals surface area contributed by atoms with E-state index in [9.17, 15) is 0 Å². The largest absolute Gasteiger partial charge is 0.370 e. The lowest BCUT2D eigenvalue weighted by Gasteiger charge is -2.04. The third kappa shape index (κ3) is 4.08. The van der Waals surface area contributed by atoms with Gasteiger partial charge in [0.15, 0.2) is 0 Å². The number of allylic oxidation sites excluding steroid dienone is 2. The highest BCUT2D eigenvalue weighted by atomic mass is 15.0. The lowest BCUT2D eigenvalue weighted by atomic mass is 10.2. The van der Waals surface area contributed by atoms with Crippen molar-refractivity contribution in [2.45, 2.75) is 26.7 Å². The van der Waals surface area contributed by atoms with Crippen LogP contribution >= 0.6 is 0 Å². The predicted octanol–water partition coefficient (Wildman–Crippen LogP) is 3.16. The zero-order valence-corrected chi connectivity index (χ0v) is 8.96. The normalized spacial score (nSPS) is 10.7. The SMILES string of the molecule is CC=CCCCNc1cc(C)ccn1. The number of nitrogens with one attached hydrogen (secondary N) is 1. The highest BCUT2D eigenvalue weighted by Crippen LogP contribution is 2.05.